The zero-order valence-corrected chi connectivity index (χ0v) is 14.9. The van der Waals surface area contributed by atoms with E-state index in [0.717, 1.165) is 25.2 Å². The summed E-state index contributed by atoms with van der Waals surface area (Å²) in [5, 5.41) is 21.6. The fourth-order valence-electron chi connectivity index (χ4n) is 8.05. The summed E-state index contributed by atoms with van der Waals surface area (Å²) in [5.74, 6) is 1.51. The summed E-state index contributed by atoms with van der Waals surface area (Å²) in [6.07, 6.45) is 9.25. The van der Waals surface area contributed by atoms with Gasteiger partial charge in [0.2, 0.25) is 0 Å². The molecule has 0 saturated heterocycles. The van der Waals surface area contributed by atoms with Gasteiger partial charge >= 0.3 is 0 Å². The first-order valence-electron chi connectivity index (χ1n) is 9.53. The number of rotatable bonds is 0. The van der Waals surface area contributed by atoms with E-state index in [1.807, 2.05) is 6.92 Å². The summed E-state index contributed by atoms with van der Waals surface area (Å²) in [6.45, 7) is 9.50. The van der Waals surface area contributed by atoms with Crippen LogP contribution in [-0.4, -0.2) is 21.9 Å². The molecule has 0 heterocycles. The maximum absolute atomic E-state index is 10.9. The largest absolute Gasteiger partial charge is 0.393 e. The van der Waals surface area contributed by atoms with Gasteiger partial charge in [-0.15, -0.1) is 0 Å². The molecule has 0 aromatic rings. The number of aliphatic hydroxyl groups excluding tert-OH is 1. The van der Waals surface area contributed by atoms with Crippen LogP contribution in [0.25, 0.3) is 0 Å². The highest BCUT2D eigenvalue weighted by Gasteiger charge is 2.70. The smallest absolute Gasteiger partial charge is 0.0675 e. The first kappa shape index (κ1) is 15.4. The first-order valence-corrected chi connectivity index (χ1v) is 9.53. The van der Waals surface area contributed by atoms with Gasteiger partial charge in [0.25, 0.3) is 0 Å². The molecule has 0 amide bonds. The average molecular weight is 306 g/mol. The Labute approximate surface area is 135 Å². The predicted molar refractivity (Wildman–Crippen MR) is 88.4 cm³/mol. The predicted octanol–water partition coefficient (Wildman–Crippen LogP) is 4.14. The van der Waals surface area contributed by atoms with Crippen molar-refractivity contribution in [2.75, 3.05) is 0 Å². The number of fused-ring (bicyclic) bond motifs is 2. The van der Waals surface area contributed by atoms with Crippen molar-refractivity contribution in [1.82, 2.24) is 0 Å². The molecule has 0 aliphatic heterocycles. The van der Waals surface area contributed by atoms with Crippen LogP contribution in [0.3, 0.4) is 0 Å². The van der Waals surface area contributed by atoms with Crippen molar-refractivity contribution < 1.29 is 10.2 Å². The highest BCUT2D eigenvalue weighted by Crippen LogP contribution is 2.74. The highest BCUT2D eigenvalue weighted by atomic mass is 16.3. The monoisotopic (exact) mass is 306 g/mol. The summed E-state index contributed by atoms with van der Waals surface area (Å²) < 4.78 is 0. The highest BCUT2D eigenvalue weighted by molar-refractivity contribution is 5.19. The number of hydrogen-bond acceptors (Lipinski definition) is 2. The van der Waals surface area contributed by atoms with Crippen LogP contribution < -0.4 is 0 Å². The Hall–Kier alpha value is -0.0800. The fraction of sp³-hybridized carbons (Fsp3) is 1.00. The second-order valence-electron chi connectivity index (χ2n) is 10.4. The third-order valence-corrected chi connectivity index (χ3v) is 9.03. The standard InChI is InChI=1S/C20H34O2/c1-17(2)8-5-9-18(3)16(17)7-6-13-10-19(4,22)14-11-20(13,18)12-15(14)21/h13-16,21-22H,5-12H2,1-4H3. The average Bonchev–Trinajstić information content (AvgIpc) is 2.70. The van der Waals surface area contributed by atoms with Crippen molar-refractivity contribution in [2.24, 2.45) is 34.0 Å². The molecule has 1 spiro atoms. The van der Waals surface area contributed by atoms with Gasteiger partial charge in [0.05, 0.1) is 11.7 Å². The van der Waals surface area contributed by atoms with Crippen molar-refractivity contribution in [2.45, 2.75) is 90.8 Å². The lowest BCUT2D eigenvalue weighted by Gasteiger charge is -2.66. The Bertz CT molecular complexity index is 482. The van der Waals surface area contributed by atoms with E-state index in [2.05, 4.69) is 20.8 Å². The second kappa shape index (κ2) is 4.30. The SMILES string of the molecule is CC1(C)CCCC2(C)C1CCC1CC(C)(O)C3CC12CC3O. The minimum absolute atomic E-state index is 0.101. The van der Waals surface area contributed by atoms with Crippen LogP contribution in [0.2, 0.25) is 0 Å². The molecular formula is C20H34O2. The van der Waals surface area contributed by atoms with Crippen LogP contribution in [0.5, 0.6) is 0 Å². The number of aliphatic hydroxyl groups is 2. The summed E-state index contributed by atoms with van der Waals surface area (Å²) in [5.41, 5.74) is 0.441. The molecule has 2 heteroatoms. The normalized spacial score (nSPS) is 59.7. The minimum atomic E-state index is -0.655. The van der Waals surface area contributed by atoms with Crippen LogP contribution in [0.4, 0.5) is 0 Å². The van der Waals surface area contributed by atoms with E-state index in [1.54, 1.807) is 0 Å². The molecule has 0 aromatic carbocycles. The summed E-state index contributed by atoms with van der Waals surface area (Å²) in [4.78, 5) is 0. The minimum Gasteiger partial charge on any atom is -0.393 e. The second-order valence-corrected chi connectivity index (χ2v) is 10.4. The van der Waals surface area contributed by atoms with Gasteiger partial charge in [0, 0.05) is 5.92 Å². The summed E-state index contributed by atoms with van der Waals surface area (Å²) in [6, 6.07) is 0. The number of hydrogen-bond donors (Lipinski definition) is 2. The van der Waals surface area contributed by atoms with Crippen molar-refractivity contribution >= 4 is 0 Å². The lowest BCUT2D eigenvalue weighted by atomic mass is 9.38. The Morgan fingerprint density at radius 1 is 0.909 bits per heavy atom. The van der Waals surface area contributed by atoms with E-state index in [1.165, 1.54) is 32.1 Å². The molecule has 4 fully saturated rings. The molecule has 0 radical (unpaired) electrons. The van der Waals surface area contributed by atoms with E-state index in [9.17, 15) is 10.2 Å². The fourth-order valence-corrected chi connectivity index (χ4v) is 8.05. The van der Waals surface area contributed by atoms with Gasteiger partial charge < -0.3 is 10.2 Å². The van der Waals surface area contributed by atoms with Gasteiger partial charge in [-0.25, -0.2) is 0 Å². The molecule has 0 aromatic heterocycles. The van der Waals surface area contributed by atoms with Crippen LogP contribution in [0, 0.1) is 34.0 Å². The zero-order valence-electron chi connectivity index (χ0n) is 14.9. The molecule has 7 atom stereocenters. The van der Waals surface area contributed by atoms with Crippen LogP contribution in [0.1, 0.15) is 79.1 Å². The quantitative estimate of drug-likeness (QED) is 0.706. The van der Waals surface area contributed by atoms with Gasteiger partial charge in [-0.1, -0.05) is 27.2 Å². The van der Waals surface area contributed by atoms with E-state index in [-0.39, 0.29) is 12.0 Å². The Morgan fingerprint density at radius 3 is 2.36 bits per heavy atom. The van der Waals surface area contributed by atoms with Gasteiger partial charge in [0.15, 0.2) is 0 Å². The summed E-state index contributed by atoms with van der Waals surface area (Å²) >= 11 is 0. The van der Waals surface area contributed by atoms with Gasteiger partial charge in [0.1, 0.15) is 0 Å². The Kier molecular flexibility index (Phi) is 3.02. The molecular weight excluding hydrogens is 272 g/mol. The molecule has 4 rings (SSSR count). The third kappa shape index (κ3) is 1.69. The molecule has 2 nitrogen and oxygen atoms in total. The molecule has 4 saturated carbocycles. The van der Waals surface area contributed by atoms with E-state index >= 15 is 0 Å². The molecule has 2 bridgehead atoms. The van der Waals surface area contributed by atoms with Crippen LogP contribution in [-0.2, 0) is 0 Å². The van der Waals surface area contributed by atoms with Gasteiger partial charge in [-0.3, -0.25) is 0 Å². The molecule has 126 valence electrons. The maximum Gasteiger partial charge on any atom is 0.0675 e. The van der Waals surface area contributed by atoms with E-state index in [4.69, 9.17) is 0 Å². The Balaban J connectivity index is 1.80. The zero-order chi connectivity index (χ0) is 16.0. The molecule has 4 aliphatic rings. The lowest BCUT2D eigenvalue weighted by molar-refractivity contribution is -0.193. The van der Waals surface area contributed by atoms with Crippen molar-refractivity contribution in [3.05, 3.63) is 0 Å². The first-order chi connectivity index (χ1) is 10.1. The van der Waals surface area contributed by atoms with E-state index in [0.29, 0.717) is 22.2 Å². The van der Waals surface area contributed by atoms with Crippen molar-refractivity contribution in [1.29, 1.82) is 0 Å². The topological polar surface area (TPSA) is 40.5 Å². The van der Waals surface area contributed by atoms with Gasteiger partial charge in [-0.05, 0) is 80.0 Å². The Morgan fingerprint density at radius 2 is 1.64 bits per heavy atom. The van der Waals surface area contributed by atoms with Crippen LogP contribution >= 0.6 is 0 Å². The van der Waals surface area contributed by atoms with E-state index < -0.39 is 5.60 Å². The molecule has 22 heavy (non-hydrogen) atoms. The van der Waals surface area contributed by atoms with Crippen molar-refractivity contribution in [3.8, 4) is 0 Å². The third-order valence-electron chi connectivity index (χ3n) is 9.03. The molecule has 7 unspecified atom stereocenters. The summed E-state index contributed by atoms with van der Waals surface area (Å²) in [7, 11) is 0. The van der Waals surface area contributed by atoms with Crippen molar-refractivity contribution in [3.63, 3.8) is 0 Å². The maximum atomic E-state index is 10.9. The lowest BCUT2D eigenvalue weighted by Crippen LogP contribution is -2.60. The van der Waals surface area contributed by atoms with Crippen LogP contribution in [0.15, 0.2) is 0 Å². The molecule has 2 N–H and O–H groups in total. The molecule has 4 aliphatic carbocycles. The van der Waals surface area contributed by atoms with Gasteiger partial charge in [-0.2, -0.15) is 0 Å².